The van der Waals surface area contributed by atoms with Crippen LogP contribution in [-0.2, 0) is 14.8 Å². The van der Waals surface area contributed by atoms with Crippen LogP contribution in [0.4, 0.5) is 0 Å². The second-order valence-electron chi connectivity index (χ2n) is 5.05. The number of halogens is 2. The molecule has 21 heavy (non-hydrogen) atoms. The van der Waals surface area contributed by atoms with Gasteiger partial charge in [0.25, 0.3) is 0 Å². The standard InChI is InChI=1S/C13H15Cl2NO4S/c14-11-4-3-10(7-12(11)15)21(19,20)16-5-1-2-9(8-16)6-13(17)18/h3-4,7,9H,1-2,5-6,8H2,(H,17,18). The number of benzene rings is 1. The minimum absolute atomic E-state index is 0.0204. The smallest absolute Gasteiger partial charge is 0.303 e. The molecule has 0 aromatic heterocycles. The van der Waals surface area contributed by atoms with E-state index in [0.717, 1.165) is 6.42 Å². The Morgan fingerprint density at radius 3 is 2.67 bits per heavy atom. The molecule has 0 spiro atoms. The number of carboxylic acids is 1. The quantitative estimate of drug-likeness (QED) is 0.904. The molecular weight excluding hydrogens is 337 g/mol. The maximum Gasteiger partial charge on any atom is 0.303 e. The molecule has 0 aliphatic carbocycles. The molecule has 1 N–H and O–H groups in total. The van der Waals surface area contributed by atoms with Crippen molar-refractivity contribution >= 4 is 39.2 Å². The lowest BCUT2D eigenvalue weighted by molar-refractivity contribution is -0.138. The summed E-state index contributed by atoms with van der Waals surface area (Å²) in [6, 6.07) is 4.17. The fraction of sp³-hybridized carbons (Fsp3) is 0.462. The highest BCUT2D eigenvalue weighted by atomic mass is 35.5. The Bertz CT molecular complexity index is 648. The van der Waals surface area contributed by atoms with Gasteiger partial charge < -0.3 is 5.11 Å². The third-order valence-corrected chi connectivity index (χ3v) is 6.07. The zero-order valence-corrected chi connectivity index (χ0v) is 13.5. The second-order valence-corrected chi connectivity index (χ2v) is 7.80. The molecule has 1 heterocycles. The Hall–Kier alpha value is -0.820. The van der Waals surface area contributed by atoms with E-state index in [2.05, 4.69) is 0 Å². The molecule has 1 aliphatic rings. The molecule has 2 rings (SSSR count). The maximum atomic E-state index is 12.6. The molecule has 0 saturated carbocycles. The molecule has 116 valence electrons. The molecule has 5 nitrogen and oxygen atoms in total. The van der Waals surface area contributed by atoms with Gasteiger partial charge in [-0.25, -0.2) is 8.42 Å². The number of hydrogen-bond donors (Lipinski definition) is 1. The van der Waals surface area contributed by atoms with Crippen molar-refractivity contribution in [1.82, 2.24) is 4.31 Å². The van der Waals surface area contributed by atoms with E-state index in [0.29, 0.717) is 13.0 Å². The van der Waals surface area contributed by atoms with E-state index in [1.165, 1.54) is 22.5 Å². The van der Waals surface area contributed by atoms with Crippen molar-refractivity contribution in [3.8, 4) is 0 Å². The highest BCUT2D eigenvalue weighted by molar-refractivity contribution is 7.89. The van der Waals surface area contributed by atoms with Crippen molar-refractivity contribution < 1.29 is 18.3 Å². The molecule has 1 fully saturated rings. The highest BCUT2D eigenvalue weighted by Gasteiger charge is 2.31. The van der Waals surface area contributed by atoms with E-state index in [-0.39, 0.29) is 33.8 Å². The minimum atomic E-state index is -3.67. The zero-order chi connectivity index (χ0) is 15.6. The number of hydrogen-bond acceptors (Lipinski definition) is 3. The largest absolute Gasteiger partial charge is 0.481 e. The van der Waals surface area contributed by atoms with Gasteiger partial charge in [-0.15, -0.1) is 0 Å². The predicted octanol–water partition coefficient (Wildman–Crippen LogP) is 2.87. The van der Waals surface area contributed by atoms with Crippen molar-refractivity contribution in [3.63, 3.8) is 0 Å². The van der Waals surface area contributed by atoms with E-state index < -0.39 is 16.0 Å². The van der Waals surface area contributed by atoms with Gasteiger partial charge in [-0.3, -0.25) is 4.79 Å². The summed E-state index contributed by atoms with van der Waals surface area (Å²) in [5.41, 5.74) is 0. The van der Waals surface area contributed by atoms with Crippen LogP contribution >= 0.6 is 23.2 Å². The van der Waals surface area contributed by atoms with Crippen LogP contribution in [0.3, 0.4) is 0 Å². The SMILES string of the molecule is O=C(O)CC1CCCN(S(=O)(=O)c2ccc(Cl)c(Cl)c2)C1. The van der Waals surface area contributed by atoms with Gasteiger partial charge in [0, 0.05) is 19.5 Å². The lowest BCUT2D eigenvalue weighted by atomic mass is 9.96. The van der Waals surface area contributed by atoms with Gasteiger partial charge in [-0.05, 0) is 37.0 Å². The van der Waals surface area contributed by atoms with E-state index in [1.807, 2.05) is 0 Å². The van der Waals surface area contributed by atoms with E-state index in [9.17, 15) is 13.2 Å². The molecule has 1 saturated heterocycles. The number of rotatable bonds is 4. The van der Waals surface area contributed by atoms with Crippen molar-refractivity contribution in [3.05, 3.63) is 28.2 Å². The second kappa shape index (κ2) is 6.52. The average molecular weight is 352 g/mol. The first-order chi connectivity index (χ1) is 9.80. The number of aliphatic carboxylic acids is 1. The van der Waals surface area contributed by atoms with E-state index in [4.69, 9.17) is 28.3 Å². The maximum absolute atomic E-state index is 12.6. The van der Waals surface area contributed by atoms with Gasteiger partial charge >= 0.3 is 5.97 Å². The van der Waals surface area contributed by atoms with Crippen LogP contribution in [0.25, 0.3) is 0 Å². The third-order valence-electron chi connectivity index (χ3n) is 3.47. The topological polar surface area (TPSA) is 74.7 Å². The van der Waals surface area contributed by atoms with Crippen LogP contribution in [0.1, 0.15) is 19.3 Å². The minimum Gasteiger partial charge on any atom is -0.481 e. The molecule has 0 amide bonds. The van der Waals surface area contributed by atoms with Gasteiger partial charge in [-0.2, -0.15) is 4.31 Å². The Labute approximate surface area is 133 Å². The van der Waals surface area contributed by atoms with Crippen LogP contribution in [0.2, 0.25) is 10.0 Å². The fourth-order valence-electron chi connectivity index (χ4n) is 2.45. The van der Waals surface area contributed by atoms with Gasteiger partial charge in [-0.1, -0.05) is 23.2 Å². The normalized spacial score (nSPS) is 20.4. The Kier molecular flexibility index (Phi) is 5.14. The number of carbonyl (C=O) groups is 1. The summed E-state index contributed by atoms with van der Waals surface area (Å²) in [4.78, 5) is 10.9. The van der Waals surface area contributed by atoms with Gasteiger partial charge in [0.05, 0.1) is 14.9 Å². The predicted molar refractivity (Wildman–Crippen MR) is 80.2 cm³/mol. The summed E-state index contributed by atoms with van der Waals surface area (Å²) in [6.07, 6.45) is 1.35. The van der Waals surface area contributed by atoms with Gasteiger partial charge in [0.1, 0.15) is 0 Å². The van der Waals surface area contributed by atoms with Crippen molar-refractivity contribution in [2.24, 2.45) is 5.92 Å². The van der Waals surface area contributed by atoms with Gasteiger partial charge in [0.15, 0.2) is 0 Å². The summed E-state index contributed by atoms with van der Waals surface area (Å²) in [6.45, 7) is 0.605. The number of nitrogens with zero attached hydrogens (tertiary/aromatic N) is 1. The third kappa shape index (κ3) is 3.88. The summed E-state index contributed by atoms with van der Waals surface area (Å²) >= 11 is 11.7. The van der Waals surface area contributed by atoms with Crippen LogP contribution in [0.15, 0.2) is 23.1 Å². The van der Waals surface area contributed by atoms with Crippen LogP contribution in [0.5, 0.6) is 0 Å². The van der Waals surface area contributed by atoms with Crippen molar-refractivity contribution in [2.75, 3.05) is 13.1 Å². The molecule has 8 heteroatoms. The lowest BCUT2D eigenvalue weighted by Gasteiger charge is -2.31. The summed E-state index contributed by atoms with van der Waals surface area (Å²) < 4.78 is 26.4. The first kappa shape index (κ1) is 16.5. The Morgan fingerprint density at radius 1 is 1.33 bits per heavy atom. The molecule has 0 bridgehead atoms. The molecule has 1 unspecified atom stereocenters. The molecule has 1 aliphatic heterocycles. The van der Waals surface area contributed by atoms with Crippen LogP contribution in [-0.4, -0.2) is 36.9 Å². The summed E-state index contributed by atoms with van der Waals surface area (Å²) in [5, 5.41) is 9.31. The number of carboxylic acid groups (broad SMARTS) is 1. The molecule has 1 aromatic carbocycles. The highest BCUT2D eigenvalue weighted by Crippen LogP contribution is 2.29. The Morgan fingerprint density at radius 2 is 2.05 bits per heavy atom. The number of sulfonamides is 1. The first-order valence-corrected chi connectivity index (χ1v) is 8.67. The summed E-state index contributed by atoms with van der Waals surface area (Å²) in [7, 11) is -3.67. The monoisotopic (exact) mass is 351 g/mol. The molecule has 0 radical (unpaired) electrons. The van der Waals surface area contributed by atoms with Crippen LogP contribution < -0.4 is 0 Å². The van der Waals surface area contributed by atoms with E-state index in [1.54, 1.807) is 0 Å². The van der Waals surface area contributed by atoms with Crippen molar-refractivity contribution in [1.29, 1.82) is 0 Å². The lowest BCUT2D eigenvalue weighted by Crippen LogP contribution is -2.40. The first-order valence-electron chi connectivity index (χ1n) is 6.47. The fourth-order valence-corrected chi connectivity index (χ4v) is 4.39. The molecular formula is C13H15Cl2NO4S. The van der Waals surface area contributed by atoms with Gasteiger partial charge in [0.2, 0.25) is 10.0 Å². The zero-order valence-electron chi connectivity index (χ0n) is 11.1. The average Bonchev–Trinajstić information content (AvgIpc) is 2.41. The van der Waals surface area contributed by atoms with Crippen molar-refractivity contribution in [2.45, 2.75) is 24.2 Å². The van der Waals surface area contributed by atoms with Crippen LogP contribution in [0, 0.1) is 5.92 Å². The molecule has 1 atom stereocenters. The number of piperidine rings is 1. The Balaban J connectivity index is 2.22. The molecule has 1 aromatic rings. The van der Waals surface area contributed by atoms with E-state index >= 15 is 0 Å². The summed E-state index contributed by atoms with van der Waals surface area (Å²) in [5.74, 6) is -1.07.